The van der Waals surface area contributed by atoms with Crippen LogP contribution >= 0.6 is 0 Å². The molecule has 0 unspecified atom stereocenters. The molecule has 0 fully saturated rings. The molecule has 0 saturated heterocycles. The minimum Gasteiger partial charge on any atom is -0.348 e. The highest BCUT2D eigenvalue weighted by molar-refractivity contribution is 6.22. The summed E-state index contributed by atoms with van der Waals surface area (Å²) in [6.45, 7) is 1.88. The van der Waals surface area contributed by atoms with Crippen molar-refractivity contribution in [2.75, 3.05) is 0 Å². The number of hydrogen-bond acceptors (Lipinski definition) is 3. The number of nitrogens with one attached hydrogen (secondary N) is 1. The summed E-state index contributed by atoms with van der Waals surface area (Å²) in [5.41, 5.74) is 2.50. The summed E-state index contributed by atoms with van der Waals surface area (Å²) < 4.78 is 0. The third kappa shape index (κ3) is 3.74. The molecule has 1 heterocycles. The van der Waals surface area contributed by atoms with E-state index in [1.165, 1.54) is 0 Å². The molecular formula is C25H22N2O3. The van der Waals surface area contributed by atoms with E-state index in [1.54, 1.807) is 24.3 Å². The van der Waals surface area contributed by atoms with E-state index in [9.17, 15) is 14.4 Å². The molecule has 150 valence electrons. The number of carbonyl (C=O) groups excluding carboxylic acids is 3. The van der Waals surface area contributed by atoms with E-state index in [-0.39, 0.29) is 18.4 Å². The van der Waals surface area contributed by atoms with Gasteiger partial charge in [0.15, 0.2) is 0 Å². The second-order valence-corrected chi connectivity index (χ2v) is 7.37. The third-order valence-corrected chi connectivity index (χ3v) is 5.37. The Kier molecular flexibility index (Phi) is 5.44. The van der Waals surface area contributed by atoms with Crippen LogP contribution in [0.3, 0.4) is 0 Å². The number of amides is 3. The van der Waals surface area contributed by atoms with Gasteiger partial charge in [0.1, 0.15) is 6.04 Å². The highest BCUT2D eigenvalue weighted by Gasteiger charge is 2.42. The molecule has 0 aliphatic carbocycles. The Balaban J connectivity index is 1.64. The molecule has 5 heteroatoms. The highest BCUT2D eigenvalue weighted by atomic mass is 16.2. The first-order chi connectivity index (χ1) is 14.6. The number of fused-ring (bicyclic) bond motifs is 1. The van der Waals surface area contributed by atoms with Gasteiger partial charge in [-0.1, -0.05) is 72.8 Å². The molecule has 3 aromatic rings. The Morgan fingerprint density at radius 3 is 1.87 bits per heavy atom. The summed E-state index contributed by atoms with van der Waals surface area (Å²) in [4.78, 5) is 40.5. The van der Waals surface area contributed by atoms with Gasteiger partial charge in [-0.15, -0.1) is 0 Å². The van der Waals surface area contributed by atoms with Gasteiger partial charge in [0.25, 0.3) is 11.8 Å². The van der Waals surface area contributed by atoms with Crippen molar-refractivity contribution in [3.8, 4) is 0 Å². The second kappa shape index (κ2) is 8.33. The molecule has 3 aromatic carbocycles. The van der Waals surface area contributed by atoms with Crippen molar-refractivity contribution < 1.29 is 14.4 Å². The van der Waals surface area contributed by atoms with Gasteiger partial charge in [-0.2, -0.15) is 0 Å². The Labute approximate surface area is 175 Å². The number of benzene rings is 3. The van der Waals surface area contributed by atoms with Gasteiger partial charge >= 0.3 is 0 Å². The van der Waals surface area contributed by atoms with E-state index in [0.717, 1.165) is 16.0 Å². The van der Waals surface area contributed by atoms with Crippen LogP contribution in [0.5, 0.6) is 0 Å². The summed E-state index contributed by atoms with van der Waals surface area (Å²) in [7, 11) is 0. The predicted octanol–water partition coefficient (Wildman–Crippen LogP) is 3.77. The molecule has 5 nitrogen and oxygen atoms in total. The van der Waals surface area contributed by atoms with E-state index in [2.05, 4.69) is 5.32 Å². The lowest BCUT2D eigenvalue weighted by Gasteiger charge is -2.27. The quantitative estimate of drug-likeness (QED) is 0.643. The van der Waals surface area contributed by atoms with Crippen LogP contribution in [0.2, 0.25) is 0 Å². The average molecular weight is 398 g/mol. The molecule has 2 atom stereocenters. The van der Waals surface area contributed by atoms with Crippen molar-refractivity contribution in [1.29, 1.82) is 0 Å². The Morgan fingerprint density at radius 2 is 1.30 bits per heavy atom. The van der Waals surface area contributed by atoms with Crippen molar-refractivity contribution in [2.24, 2.45) is 0 Å². The van der Waals surface area contributed by atoms with E-state index < -0.39 is 17.9 Å². The van der Waals surface area contributed by atoms with Gasteiger partial charge in [0.05, 0.1) is 17.2 Å². The number of hydrogen-bond donors (Lipinski definition) is 1. The number of nitrogens with zero attached hydrogens (tertiary/aromatic N) is 1. The van der Waals surface area contributed by atoms with Crippen LogP contribution in [-0.2, 0) is 11.2 Å². The molecule has 0 saturated carbocycles. The summed E-state index contributed by atoms with van der Waals surface area (Å²) in [6, 6.07) is 24.5. The van der Waals surface area contributed by atoms with Crippen molar-refractivity contribution in [3.63, 3.8) is 0 Å². The van der Waals surface area contributed by atoms with Crippen LogP contribution < -0.4 is 5.32 Å². The minimum atomic E-state index is -0.939. The summed E-state index contributed by atoms with van der Waals surface area (Å²) in [5.74, 6) is -1.22. The number of rotatable bonds is 6. The maximum absolute atomic E-state index is 13.3. The normalized spacial score (nSPS) is 14.9. The topological polar surface area (TPSA) is 66.5 Å². The molecule has 4 rings (SSSR count). The lowest BCUT2D eigenvalue weighted by Crippen LogP contribution is -2.51. The molecule has 0 radical (unpaired) electrons. The van der Waals surface area contributed by atoms with Crippen molar-refractivity contribution in [3.05, 3.63) is 107 Å². The molecule has 0 bridgehead atoms. The van der Waals surface area contributed by atoms with Gasteiger partial charge < -0.3 is 5.32 Å². The maximum atomic E-state index is 13.3. The lowest BCUT2D eigenvalue weighted by atomic mass is 10.0. The van der Waals surface area contributed by atoms with E-state index in [0.29, 0.717) is 11.1 Å². The molecule has 30 heavy (non-hydrogen) atoms. The molecular weight excluding hydrogens is 376 g/mol. The zero-order chi connectivity index (χ0) is 21.1. The van der Waals surface area contributed by atoms with E-state index >= 15 is 0 Å². The molecule has 1 aliphatic rings. The van der Waals surface area contributed by atoms with E-state index in [1.807, 2.05) is 67.6 Å². The Morgan fingerprint density at radius 1 is 0.800 bits per heavy atom. The van der Waals surface area contributed by atoms with Crippen LogP contribution in [0.25, 0.3) is 0 Å². The Hall–Kier alpha value is -3.73. The van der Waals surface area contributed by atoms with Gasteiger partial charge in [0, 0.05) is 6.42 Å². The smallest absolute Gasteiger partial charge is 0.262 e. The van der Waals surface area contributed by atoms with Gasteiger partial charge in [-0.25, -0.2) is 0 Å². The predicted molar refractivity (Wildman–Crippen MR) is 114 cm³/mol. The van der Waals surface area contributed by atoms with Crippen LogP contribution in [0.4, 0.5) is 0 Å². The highest BCUT2D eigenvalue weighted by Crippen LogP contribution is 2.26. The fourth-order valence-electron chi connectivity index (χ4n) is 3.76. The average Bonchev–Trinajstić information content (AvgIpc) is 3.03. The summed E-state index contributed by atoms with van der Waals surface area (Å²) >= 11 is 0. The monoisotopic (exact) mass is 398 g/mol. The summed E-state index contributed by atoms with van der Waals surface area (Å²) in [6.07, 6.45) is 0.250. The largest absolute Gasteiger partial charge is 0.348 e. The Bertz CT molecular complexity index is 1040. The zero-order valence-electron chi connectivity index (χ0n) is 16.6. The van der Waals surface area contributed by atoms with Crippen LogP contribution in [0, 0.1) is 0 Å². The zero-order valence-corrected chi connectivity index (χ0v) is 16.6. The van der Waals surface area contributed by atoms with Gasteiger partial charge in [-0.05, 0) is 30.2 Å². The molecule has 1 aliphatic heterocycles. The lowest BCUT2D eigenvalue weighted by molar-refractivity contribution is -0.125. The van der Waals surface area contributed by atoms with Gasteiger partial charge in [0.2, 0.25) is 5.91 Å². The molecule has 1 N–H and O–H groups in total. The third-order valence-electron chi connectivity index (χ3n) is 5.37. The van der Waals surface area contributed by atoms with Crippen molar-refractivity contribution in [1.82, 2.24) is 10.2 Å². The molecule has 3 amide bonds. The first kappa shape index (κ1) is 19.6. The van der Waals surface area contributed by atoms with Crippen molar-refractivity contribution in [2.45, 2.75) is 25.4 Å². The van der Waals surface area contributed by atoms with Gasteiger partial charge in [-0.3, -0.25) is 19.3 Å². The first-order valence-corrected chi connectivity index (χ1v) is 9.92. The summed E-state index contributed by atoms with van der Waals surface area (Å²) in [5, 5.41) is 2.98. The fraction of sp³-hybridized carbons (Fsp3) is 0.160. The molecule has 0 spiro atoms. The number of carbonyl (C=O) groups is 3. The van der Waals surface area contributed by atoms with Crippen LogP contribution in [0.1, 0.15) is 44.8 Å². The standard InChI is InChI=1S/C25H22N2O3/c1-17(19-12-6-3-7-13-19)26-23(28)22(16-18-10-4-2-5-11-18)27-24(29)20-14-8-9-15-21(20)25(27)30/h2-15,17,22H,16H2,1H3,(H,26,28)/t17-,22+/m1/s1. The second-order valence-electron chi connectivity index (χ2n) is 7.37. The minimum absolute atomic E-state index is 0.250. The molecule has 0 aromatic heterocycles. The SMILES string of the molecule is C[C@@H](NC(=O)[C@H](Cc1ccccc1)N1C(=O)c2ccccc2C1=O)c1ccccc1. The maximum Gasteiger partial charge on any atom is 0.262 e. The van der Waals surface area contributed by atoms with Crippen molar-refractivity contribution >= 4 is 17.7 Å². The van der Waals surface area contributed by atoms with Crippen LogP contribution in [-0.4, -0.2) is 28.7 Å². The first-order valence-electron chi connectivity index (χ1n) is 9.92. The van der Waals surface area contributed by atoms with E-state index in [4.69, 9.17) is 0 Å². The number of imide groups is 1. The fourth-order valence-corrected chi connectivity index (χ4v) is 3.76. The van der Waals surface area contributed by atoms with Crippen LogP contribution in [0.15, 0.2) is 84.9 Å².